The van der Waals surface area contributed by atoms with E-state index in [1.54, 1.807) is 12.1 Å². The van der Waals surface area contributed by atoms with E-state index in [-0.39, 0.29) is 11.3 Å². The Balaban J connectivity index is 1.54. The van der Waals surface area contributed by atoms with E-state index in [0.29, 0.717) is 18.8 Å². The quantitative estimate of drug-likeness (QED) is 0.336. The lowest BCUT2D eigenvalue weighted by molar-refractivity contribution is 0.0954. The van der Waals surface area contributed by atoms with E-state index in [0.717, 1.165) is 28.3 Å². The second-order valence-corrected chi connectivity index (χ2v) is 8.86. The van der Waals surface area contributed by atoms with E-state index in [1.807, 2.05) is 62.4 Å². The minimum absolute atomic E-state index is 0.100. The molecule has 0 bridgehead atoms. The second-order valence-electron chi connectivity index (χ2n) is 8.86. The number of carbonyl (C=O) groups is 1. The van der Waals surface area contributed by atoms with Gasteiger partial charge in [-0.05, 0) is 72.4 Å². The summed E-state index contributed by atoms with van der Waals surface area (Å²) in [6, 6.07) is 23.1. The van der Waals surface area contributed by atoms with Gasteiger partial charge in [0, 0.05) is 5.56 Å². The van der Waals surface area contributed by atoms with Gasteiger partial charge >= 0.3 is 0 Å². The van der Waals surface area contributed by atoms with E-state index in [1.165, 1.54) is 5.56 Å². The third kappa shape index (κ3) is 6.94. The minimum Gasteiger partial charge on any atom is -0.494 e. The van der Waals surface area contributed by atoms with Gasteiger partial charge in [0.05, 0.1) is 12.3 Å². The Hall–Kier alpha value is -3.60. The summed E-state index contributed by atoms with van der Waals surface area (Å²) < 4.78 is 11.2. The maximum Gasteiger partial charge on any atom is 0.271 e. The van der Waals surface area contributed by atoms with Gasteiger partial charge in [0.15, 0.2) is 0 Å². The number of rotatable bonds is 8. The molecule has 33 heavy (non-hydrogen) atoms. The number of benzene rings is 3. The van der Waals surface area contributed by atoms with Crippen molar-refractivity contribution in [1.82, 2.24) is 5.43 Å². The summed E-state index contributed by atoms with van der Waals surface area (Å²) in [4.78, 5) is 12.5. The summed E-state index contributed by atoms with van der Waals surface area (Å²) in [5.74, 6) is 1.33. The van der Waals surface area contributed by atoms with Crippen LogP contribution in [0.2, 0.25) is 0 Å². The highest BCUT2D eigenvalue weighted by Crippen LogP contribution is 2.22. The predicted octanol–water partition coefficient (Wildman–Crippen LogP) is 6.12. The molecule has 0 radical (unpaired) electrons. The zero-order valence-electron chi connectivity index (χ0n) is 20.0. The smallest absolute Gasteiger partial charge is 0.271 e. The first-order chi connectivity index (χ1) is 15.8. The van der Waals surface area contributed by atoms with Crippen LogP contribution in [0.4, 0.5) is 0 Å². The van der Waals surface area contributed by atoms with Crippen molar-refractivity contribution in [3.05, 3.63) is 95.1 Å². The fourth-order valence-corrected chi connectivity index (χ4v) is 3.19. The van der Waals surface area contributed by atoms with Gasteiger partial charge in [-0.2, -0.15) is 5.10 Å². The molecule has 0 heterocycles. The molecular weight excluding hydrogens is 412 g/mol. The molecule has 1 amide bonds. The molecular formula is C28H32N2O3. The van der Waals surface area contributed by atoms with E-state index in [2.05, 4.69) is 43.4 Å². The number of carbonyl (C=O) groups excluding carboxylic acids is 1. The Bertz CT molecular complexity index is 1080. The zero-order chi connectivity index (χ0) is 23.8. The van der Waals surface area contributed by atoms with Crippen molar-refractivity contribution < 1.29 is 14.3 Å². The maximum atomic E-state index is 12.5. The first kappa shape index (κ1) is 24.1. The first-order valence-corrected chi connectivity index (χ1v) is 11.2. The normalized spacial score (nSPS) is 11.7. The van der Waals surface area contributed by atoms with Gasteiger partial charge in [0.25, 0.3) is 5.91 Å². The Morgan fingerprint density at radius 2 is 1.36 bits per heavy atom. The van der Waals surface area contributed by atoms with Crippen LogP contribution in [0, 0.1) is 0 Å². The average molecular weight is 445 g/mol. The molecule has 0 atom stereocenters. The van der Waals surface area contributed by atoms with Crippen LogP contribution in [0.25, 0.3) is 0 Å². The van der Waals surface area contributed by atoms with Gasteiger partial charge in [-0.1, -0.05) is 57.2 Å². The number of nitrogens with zero attached hydrogens (tertiary/aromatic N) is 1. The van der Waals surface area contributed by atoms with Crippen molar-refractivity contribution in [2.75, 3.05) is 6.61 Å². The summed E-state index contributed by atoms with van der Waals surface area (Å²) in [6.07, 6.45) is 0. The molecule has 5 nitrogen and oxygen atoms in total. The fraction of sp³-hybridized carbons (Fsp3) is 0.286. The van der Waals surface area contributed by atoms with Crippen LogP contribution in [0.5, 0.6) is 11.5 Å². The highest BCUT2D eigenvalue weighted by Gasteiger charge is 2.13. The number of hydrogen-bond donors (Lipinski definition) is 1. The third-order valence-electron chi connectivity index (χ3n) is 5.25. The molecule has 0 aliphatic carbocycles. The van der Waals surface area contributed by atoms with Crippen molar-refractivity contribution in [2.45, 2.75) is 46.6 Å². The van der Waals surface area contributed by atoms with Gasteiger partial charge < -0.3 is 9.47 Å². The highest BCUT2D eigenvalue weighted by atomic mass is 16.5. The molecule has 0 saturated heterocycles. The van der Waals surface area contributed by atoms with Crippen LogP contribution in [-0.2, 0) is 12.0 Å². The SMILES string of the molecule is CCOc1ccc(OCc2ccc(C(=O)N/N=C(\C)c3ccc(C(C)(C)C)cc3)cc2)cc1. The fourth-order valence-electron chi connectivity index (χ4n) is 3.19. The standard InChI is InChI=1S/C28H32N2O3/c1-6-32-25-15-17-26(18-16-25)33-19-21-7-9-23(10-8-21)27(31)30-29-20(2)22-11-13-24(14-12-22)28(3,4)5/h7-18H,6,19H2,1-5H3,(H,30,31)/b29-20+. The molecule has 0 saturated carbocycles. The summed E-state index contributed by atoms with van der Waals surface area (Å²) in [5, 5.41) is 4.26. The van der Waals surface area contributed by atoms with Crippen molar-refractivity contribution in [1.29, 1.82) is 0 Å². The molecule has 0 spiro atoms. The predicted molar refractivity (Wildman–Crippen MR) is 133 cm³/mol. The van der Waals surface area contributed by atoms with E-state index < -0.39 is 0 Å². The Labute approximate surface area is 196 Å². The lowest BCUT2D eigenvalue weighted by atomic mass is 9.86. The maximum absolute atomic E-state index is 12.5. The van der Waals surface area contributed by atoms with Crippen LogP contribution in [-0.4, -0.2) is 18.2 Å². The van der Waals surface area contributed by atoms with Crippen molar-refractivity contribution >= 4 is 11.6 Å². The number of nitrogens with one attached hydrogen (secondary N) is 1. The lowest BCUT2D eigenvalue weighted by Crippen LogP contribution is -2.19. The third-order valence-corrected chi connectivity index (χ3v) is 5.25. The van der Waals surface area contributed by atoms with Crippen LogP contribution in [0.15, 0.2) is 77.9 Å². The topological polar surface area (TPSA) is 59.9 Å². The first-order valence-electron chi connectivity index (χ1n) is 11.2. The van der Waals surface area contributed by atoms with Crippen LogP contribution < -0.4 is 14.9 Å². The molecule has 172 valence electrons. The zero-order valence-corrected chi connectivity index (χ0v) is 20.0. The largest absolute Gasteiger partial charge is 0.494 e. The Morgan fingerprint density at radius 1 is 0.818 bits per heavy atom. The van der Waals surface area contributed by atoms with Gasteiger partial charge in [-0.15, -0.1) is 0 Å². The van der Waals surface area contributed by atoms with Crippen LogP contribution in [0.1, 0.15) is 61.7 Å². The molecule has 0 fully saturated rings. The molecule has 1 N–H and O–H groups in total. The van der Waals surface area contributed by atoms with Gasteiger partial charge in [0.1, 0.15) is 18.1 Å². The van der Waals surface area contributed by atoms with Gasteiger partial charge in [0.2, 0.25) is 0 Å². The Kier molecular flexibility index (Phi) is 7.88. The molecule has 0 aliphatic rings. The van der Waals surface area contributed by atoms with E-state index in [4.69, 9.17) is 9.47 Å². The van der Waals surface area contributed by atoms with E-state index >= 15 is 0 Å². The average Bonchev–Trinajstić information content (AvgIpc) is 2.82. The summed E-state index contributed by atoms with van der Waals surface area (Å²) >= 11 is 0. The monoisotopic (exact) mass is 444 g/mol. The summed E-state index contributed by atoms with van der Waals surface area (Å²) in [6.45, 7) is 11.4. The van der Waals surface area contributed by atoms with Crippen LogP contribution in [0.3, 0.4) is 0 Å². The minimum atomic E-state index is -0.250. The number of hydrazone groups is 1. The molecule has 0 aliphatic heterocycles. The highest BCUT2D eigenvalue weighted by molar-refractivity contribution is 6.00. The summed E-state index contributed by atoms with van der Waals surface area (Å²) in [7, 11) is 0. The Morgan fingerprint density at radius 3 is 1.91 bits per heavy atom. The number of ether oxygens (including phenoxy) is 2. The van der Waals surface area contributed by atoms with Gasteiger partial charge in [-0.25, -0.2) is 5.43 Å². The molecule has 0 unspecified atom stereocenters. The number of amides is 1. The molecule has 3 rings (SSSR count). The lowest BCUT2D eigenvalue weighted by Gasteiger charge is -2.19. The van der Waals surface area contributed by atoms with Gasteiger partial charge in [-0.3, -0.25) is 4.79 Å². The summed E-state index contributed by atoms with van der Waals surface area (Å²) in [5.41, 5.74) is 7.24. The van der Waals surface area contributed by atoms with Crippen LogP contribution >= 0.6 is 0 Å². The molecule has 5 heteroatoms. The van der Waals surface area contributed by atoms with Crippen molar-refractivity contribution in [3.63, 3.8) is 0 Å². The molecule has 3 aromatic carbocycles. The molecule has 0 aromatic heterocycles. The number of hydrogen-bond acceptors (Lipinski definition) is 4. The van der Waals surface area contributed by atoms with Crippen molar-refractivity contribution in [3.8, 4) is 11.5 Å². The molecule has 3 aromatic rings. The second kappa shape index (κ2) is 10.8. The van der Waals surface area contributed by atoms with Crippen molar-refractivity contribution in [2.24, 2.45) is 5.10 Å². The van der Waals surface area contributed by atoms with E-state index in [9.17, 15) is 4.79 Å².